The third-order valence-corrected chi connectivity index (χ3v) is 3.53. The lowest BCUT2D eigenvalue weighted by atomic mass is 9.89. The Morgan fingerprint density at radius 2 is 1.95 bits per heavy atom. The first kappa shape index (κ1) is 15.2. The van der Waals surface area contributed by atoms with Crippen molar-refractivity contribution in [3.63, 3.8) is 0 Å². The molecule has 1 saturated carbocycles. The molecule has 112 valence electrons. The van der Waals surface area contributed by atoms with Crippen molar-refractivity contribution in [2.45, 2.75) is 39.5 Å². The van der Waals surface area contributed by atoms with E-state index < -0.39 is 0 Å². The van der Waals surface area contributed by atoms with E-state index in [2.05, 4.69) is 22.8 Å². The van der Waals surface area contributed by atoms with Crippen molar-refractivity contribution in [2.75, 3.05) is 5.32 Å². The number of benzene rings is 1. The first-order valence-electron chi connectivity index (χ1n) is 7.28. The molecule has 5 heteroatoms. The predicted octanol–water partition coefficient (Wildman–Crippen LogP) is 2.94. The Bertz CT molecular complexity index is 549. The highest BCUT2D eigenvalue weighted by Gasteiger charge is 2.14. The minimum atomic E-state index is -0.227. The number of hydrazone groups is 1. The zero-order valence-corrected chi connectivity index (χ0v) is 12.5. The Morgan fingerprint density at radius 1 is 1.24 bits per heavy atom. The quantitative estimate of drug-likeness (QED) is 0.839. The maximum atomic E-state index is 12.0. The van der Waals surface area contributed by atoms with Gasteiger partial charge in [-0.1, -0.05) is 6.92 Å². The van der Waals surface area contributed by atoms with E-state index in [-0.39, 0.29) is 11.8 Å². The van der Waals surface area contributed by atoms with Gasteiger partial charge in [0.2, 0.25) is 5.91 Å². The van der Waals surface area contributed by atoms with E-state index in [1.165, 1.54) is 13.3 Å². The average Bonchev–Trinajstić information content (AvgIpc) is 2.45. The van der Waals surface area contributed by atoms with Gasteiger partial charge in [0.05, 0.1) is 0 Å². The molecule has 0 aromatic heterocycles. The van der Waals surface area contributed by atoms with Gasteiger partial charge in [0.25, 0.3) is 5.91 Å². The van der Waals surface area contributed by atoms with Crippen molar-refractivity contribution < 1.29 is 9.59 Å². The molecule has 0 saturated heterocycles. The van der Waals surface area contributed by atoms with Gasteiger partial charge in [-0.05, 0) is 55.9 Å². The first-order valence-corrected chi connectivity index (χ1v) is 7.28. The summed E-state index contributed by atoms with van der Waals surface area (Å²) < 4.78 is 0. The zero-order chi connectivity index (χ0) is 15.2. The normalized spacial score (nSPS) is 20.1. The maximum Gasteiger partial charge on any atom is 0.271 e. The number of rotatable bonds is 3. The highest BCUT2D eigenvalue weighted by Crippen LogP contribution is 2.21. The van der Waals surface area contributed by atoms with E-state index in [0.29, 0.717) is 17.2 Å². The molecule has 0 heterocycles. The molecule has 2 N–H and O–H groups in total. The highest BCUT2D eigenvalue weighted by molar-refractivity contribution is 5.96. The largest absolute Gasteiger partial charge is 0.326 e. The molecule has 0 radical (unpaired) electrons. The summed E-state index contributed by atoms with van der Waals surface area (Å²) in [5.74, 6) is 0.284. The number of carbonyl (C=O) groups excluding carboxylic acids is 2. The molecule has 0 aliphatic heterocycles. The average molecular weight is 287 g/mol. The fraction of sp³-hybridized carbons (Fsp3) is 0.438. The maximum absolute atomic E-state index is 12.0. The third kappa shape index (κ3) is 4.70. The Hall–Kier alpha value is -2.17. The number of nitrogens with one attached hydrogen (secondary N) is 2. The van der Waals surface area contributed by atoms with E-state index in [1.54, 1.807) is 24.3 Å². The molecule has 5 nitrogen and oxygen atoms in total. The van der Waals surface area contributed by atoms with E-state index in [1.807, 2.05) is 0 Å². The number of nitrogens with zero attached hydrogens (tertiary/aromatic N) is 1. The van der Waals surface area contributed by atoms with Crippen LogP contribution in [0.2, 0.25) is 0 Å². The van der Waals surface area contributed by atoms with Crippen LogP contribution in [0.5, 0.6) is 0 Å². The summed E-state index contributed by atoms with van der Waals surface area (Å²) in [4.78, 5) is 22.9. The van der Waals surface area contributed by atoms with Crippen molar-refractivity contribution in [1.82, 2.24) is 5.43 Å². The van der Waals surface area contributed by atoms with Crippen molar-refractivity contribution in [3.8, 4) is 0 Å². The van der Waals surface area contributed by atoms with Crippen LogP contribution in [0.3, 0.4) is 0 Å². The van der Waals surface area contributed by atoms with E-state index >= 15 is 0 Å². The minimum Gasteiger partial charge on any atom is -0.326 e. The van der Waals surface area contributed by atoms with Gasteiger partial charge in [-0.15, -0.1) is 0 Å². The number of amides is 2. The smallest absolute Gasteiger partial charge is 0.271 e. The molecule has 1 unspecified atom stereocenters. The molecule has 1 atom stereocenters. The van der Waals surface area contributed by atoms with Gasteiger partial charge in [0.1, 0.15) is 0 Å². The van der Waals surface area contributed by atoms with Crippen LogP contribution in [0.4, 0.5) is 5.69 Å². The molecule has 1 aromatic rings. The van der Waals surface area contributed by atoms with Gasteiger partial charge in [-0.2, -0.15) is 5.10 Å². The molecule has 2 amide bonds. The first-order chi connectivity index (χ1) is 10.0. The third-order valence-electron chi connectivity index (χ3n) is 3.53. The SMILES string of the molecule is CC(=O)Nc1ccc(C(=O)NN=C2CCCC(C)C2)cc1. The number of hydrogen-bond donors (Lipinski definition) is 2. The number of hydrogen-bond acceptors (Lipinski definition) is 3. The lowest BCUT2D eigenvalue weighted by Gasteiger charge is -2.18. The van der Waals surface area contributed by atoms with Gasteiger partial charge >= 0.3 is 0 Å². The summed E-state index contributed by atoms with van der Waals surface area (Å²) in [7, 11) is 0. The van der Waals surface area contributed by atoms with Crippen LogP contribution in [0, 0.1) is 5.92 Å². The van der Waals surface area contributed by atoms with Crippen molar-refractivity contribution in [2.24, 2.45) is 11.0 Å². The lowest BCUT2D eigenvalue weighted by molar-refractivity contribution is -0.114. The summed E-state index contributed by atoms with van der Waals surface area (Å²) in [5.41, 5.74) is 4.88. The zero-order valence-electron chi connectivity index (χ0n) is 12.5. The van der Waals surface area contributed by atoms with Crippen LogP contribution in [0.15, 0.2) is 29.4 Å². The topological polar surface area (TPSA) is 70.6 Å². The molecule has 21 heavy (non-hydrogen) atoms. The molecular formula is C16H21N3O2. The second-order valence-electron chi connectivity index (χ2n) is 5.58. The highest BCUT2D eigenvalue weighted by atomic mass is 16.2. The van der Waals surface area contributed by atoms with Crippen molar-refractivity contribution in [3.05, 3.63) is 29.8 Å². The predicted molar refractivity (Wildman–Crippen MR) is 83.3 cm³/mol. The van der Waals surface area contributed by atoms with Crippen LogP contribution in [-0.2, 0) is 4.79 Å². The van der Waals surface area contributed by atoms with E-state index in [9.17, 15) is 9.59 Å². The fourth-order valence-corrected chi connectivity index (χ4v) is 2.47. The molecule has 1 aromatic carbocycles. The molecule has 0 bridgehead atoms. The molecular weight excluding hydrogens is 266 g/mol. The summed E-state index contributed by atoms with van der Waals surface area (Å²) in [6.45, 7) is 3.65. The Morgan fingerprint density at radius 3 is 2.57 bits per heavy atom. The van der Waals surface area contributed by atoms with Gasteiger partial charge < -0.3 is 5.32 Å². The summed E-state index contributed by atoms with van der Waals surface area (Å²) in [6.07, 6.45) is 4.30. The molecule has 1 aliphatic rings. The lowest BCUT2D eigenvalue weighted by Crippen LogP contribution is -2.22. The second-order valence-corrected chi connectivity index (χ2v) is 5.58. The Balaban J connectivity index is 1.93. The van der Waals surface area contributed by atoms with Crippen LogP contribution in [-0.4, -0.2) is 17.5 Å². The van der Waals surface area contributed by atoms with Gasteiger partial charge in [-0.25, -0.2) is 5.43 Å². The van der Waals surface area contributed by atoms with Crippen molar-refractivity contribution in [1.29, 1.82) is 0 Å². The van der Waals surface area contributed by atoms with Crippen LogP contribution >= 0.6 is 0 Å². The van der Waals surface area contributed by atoms with Gasteiger partial charge in [0.15, 0.2) is 0 Å². The molecule has 0 spiro atoms. The fourth-order valence-electron chi connectivity index (χ4n) is 2.47. The Kier molecular flexibility index (Phi) is 5.09. The van der Waals surface area contributed by atoms with Gasteiger partial charge in [-0.3, -0.25) is 9.59 Å². The second kappa shape index (κ2) is 7.02. The molecule has 1 aliphatic carbocycles. The summed E-state index contributed by atoms with van der Waals surface area (Å²) >= 11 is 0. The molecule has 1 fully saturated rings. The van der Waals surface area contributed by atoms with Gasteiger partial charge in [0, 0.05) is 23.9 Å². The summed E-state index contributed by atoms with van der Waals surface area (Å²) in [6, 6.07) is 6.74. The number of anilines is 1. The Labute approximate surface area is 124 Å². The monoisotopic (exact) mass is 287 g/mol. The summed E-state index contributed by atoms with van der Waals surface area (Å²) in [5, 5.41) is 6.89. The molecule has 2 rings (SSSR count). The van der Waals surface area contributed by atoms with Crippen LogP contribution in [0.1, 0.15) is 49.9 Å². The number of carbonyl (C=O) groups is 2. The van der Waals surface area contributed by atoms with Crippen LogP contribution < -0.4 is 10.7 Å². The van der Waals surface area contributed by atoms with E-state index in [0.717, 1.165) is 25.0 Å². The van der Waals surface area contributed by atoms with Crippen LogP contribution in [0.25, 0.3) is 0 Å². The minimum absolute atomic E-state index is 0.134. The standard InChI is InChI=1S/C16H21N3O2/c1-11-4-3-5-15(10-11)18-19-16(21)13-6-8-14(9-7-13)17-12(2)20/h6-9,11H,3-5,10H2,1-2H3,(H,17,20)(H,19,21). The van der Waals surface area contributed by atoms with E-state index in [4.69, 9.17) is 0 Å². The van der Waals surface area contributed by atoms with Crippen molar-refractivity contribution >= 4 is 23.2 Å².